The molecule has 1 fully saturated rings. The molecule has 3 aromatic rings. The Bertz CT molecular complexity index is 839. The SMILES string of the molecule is O=C(NCCc1cn2ccccc2n1)[C@H]1C[C@@H]1c1ccc(F)cc1. The van der Waals surface area contributed by atoms with Crippen molar-refractivity contribution < 1.29 is 9.18 Å². The number of aromatic nitrogens is 2. The lowest BCUT2D eigenvalue weighted by Crippen LogP contribution is -2.27. The minimum absolute atomic E-state index is 0.0107. The third kappa shape index (κ3) is 3.02. The Hall–Kier alpha value is -2.69. The van der Waals surface area contributed by atoms with Crippen molar-refractivity contribution in [1.29, 1.82) is 0 Å². The summed E-state index contributed by atoms with van der Waals surface area (Å²) in [7, 11) is 0. The molecule has 1 amide bonds. The smallest absolute Gasteiger partial charge is 0.223 e. The van der Waals surface area contributed by atoms with Crippen LogP contribution < -0.4 is 5.32 Å². The van der Waals surface area contributed by atoms with Crippen LogP contribution in [0.25, 0.3) is 5.65 Å². The van der Waals surface area contributed by atoms with Crippen molar-refractivity contribution in [2.45, 2.75) is 18.8 Å². The lowest BCUT2D eigenvalue weighted by atomic mass is 10.1. The Labute approximate surface area is 139 Å². The highest BCUT2D eigenvalue weighted by Crippen LogP contribution is 2.47. The molecule has 0 spiro atoms. The van der Waals surface area contributed by atoms with Gasteiger partial charge in [0, 0.05) is 31.3 Å². The maximum atomic E-state index is 12.9. The van der Waals surface area contributed by atoms with Gasteiger partial charge in [-0.1, -0.05) is 18.2 Å². The van der Waals surface area contributed by atoms with Gasteiger partial charge in [0.05, 0.1) is 5.69 Å². The van der Waals surface area contributed by atoms with E-state index in [1.165, 1.54) is 12.1 Å². The summed E-state index contributed by atoms with van der Waals surface area (Å²) >= 11 is 0. The molecule has 122 valence electrons. The van der Waals surface area contributed by atoms with Crippen LogP contribution in [0.4, 0.5) is 4.39 Å². The molecule has 24 heavy (non-hydrogen) atoms. The number of hydrogen-bond donors (Lipinski definition) is 1. The summed E-state index contributed by atoms with van der Waals surface area (Å²) in [6, 6.07) is 12.3. The largest absolute Gasteiger partial charge is 0.355 e. The molecule has 4 rings (SSSR count). The molecule has 1 N–H and O–H groups in total. The summed E-state index contributed by atoms with van der Waals surface area (Å²) in [6.45, 7) is 0.579. The molecule has 2 heterocycles. The highest BCUT2D eigenvalue weighted by Gasteiger charge is 2.43. The van der Waals surface area contributed by atoms with Crippen LogP contribution in [0.15, 0.2) is 54.9 Å². The fraction of sp³-hybridized carbons (Fsp3) is 0.263. The van der Waals surface area contributed by atoms with Crippen LogP contribution in [0.5, 0.6) is 0 Å². The van der Waals surface area contributed by atoms with Crippen LogP contribution in [0.2, 0.25) is 0 Å². The zero-order valence-corrected chi connectivity index (χ0v) is 13.2. The molecule has 1 aromatic carbocycles. The quantitative estimate of drug-likeness (QED) is 0.785. The van der Waals surface area contributed by atoms with E-state index in [-0.39, 0.29) is 23.6 Å². The summed E-state index contributed by atoms with van der Waals surface area (Å²) in [5, 5.41) is 2.99. The van der Waals surface area contributed by atoms with Gasteiger partial charge in [0.1, 0.15) is 11.5 Å². The Morgan fingerprint density at radius 1 is 1.25 bits per heavy atom. The van der Waals surface area contributed by atoms with Crippen LogP contribution in [-0.4, -0.2) is 21.8 Å². The number of imidazole rings is 1. The first-order valence-electron chi connectivity index (χ1n) is 8.16. The highest BCUT2D eigenvalue weighted by molar-refractivity contribution is 5.82. The maximum absolute atomic E-state index is 12.9. The zero-order valence-electron chi connectivity index (χ0n) is 13.2. The molecule has 4 nitrogen and oxygen atoms in total. The van der Waals surface area contributed by atoms with Gasteiger partial charge in [-0.3, -0.25) is 4.79 Å². The average molecular weight is 323 g/mol. The van der Waals surface area contributed by atoms with Gasteiger partial charge in [0.25, 0.3) is 0 Å². The minimum atomic E-state index is -0.243. The number of amides is 1. The van der Waals surface area contributed by atoms with Crippen molar-refractivity contribution in [3.8, 4) is 0 Å². The second-order valence-corrected chi connectivity index (χ2v) is 6.24. The number of rotatable bonds is 5. The van der Waals surface area contributed by atoms with Gasteiger partial charge in [-0.15, -0.1) is 0 Å². The van der Waals surface area contributed by atoms with E-state index in [9.17, 15) is 9.18 Å². The molecule has 1 aliphatic carbocycles. The van der Waals surface area contributed by atoms with Crippen molar-refractivity contribution in [2.24, 2.45) is 5.92 Å². The first kappa shape index (κ1) is 14.9. The van der Waals surface area contributed by atoms with E-state index in [2.05, 4.69) is 10.3 Å². The van der Waals surface area contributed by atoms with E-state index in [0.29, 0.717) is 13.0 Å². The van der Waals surface area contributed by atoms with Crippen LogP contribution in [0, 0.1) is 11.7 Å². The van der Waals surface area contributed by atoms with Crippen molar-refractivity contribution in [2.75, 3.05) is 6.54 Å². The molecule has 1 aliphatic rings. The Kier molecular flexibility index (Phi) is 3.76. The van der Waals surface area contributed by atoms with Gasteiger partial charge in [0.15, 0.2) is 0 Å². The summed E-state index contributed by atoms with van der Waals surface area (Å²) in [5.74, 6) is 0.0678. The Balaban J connectivity index is 1.29. The van der Waals surface area contributed by atoms with E-state index < -0.39 is 0 Å². The standard InChI is InChI=1S/C19H18FN3O/c20-14-6-4-13(5-7-14)16-11-17(16)19(24)21-9-8-15-12-23-10-2-1-3-18(23)22-15/h1-7,10,12,16-17H,8-9,11H2,(H,21,24)/t16-,17+/m1/s1. The second kappa shape index (κ2) is 6.07. The van der Waals surface area contributed by atoms with E-state index in [0.717, 1.165) is 23.3 Å². The van der Waals surface area contributed by atoms with E-state index in [1.54, 1.807) is 12.1 Å². The predicted octanol–water partition coefficient (Wildman–Crippen LogP) is 2.94. The molecule has 5 heteroatoms. The number of nitrogens with zero attached hydrogens (tertiary/aromatic N) is 2. The number of nitrogens with one attached hydrogen (secondary N) is 1. The number of carbonyl (C=O) groups excluding carboxylic acids is 1. The van der Waals surface area contributed by atoms with Gasteiger partial charge in [0.2, 0.25) is 5.91 Å². The van der Waals surface area contributed by atoms with Gasteiger partial charge in [-0.2, -0.15) is 0 Å². The van der Waals surface area contributed by atoms with Crippen LogP contribution in [0.3, 0.4) is 0 Å². The molecule has 0 aliphatic heterocycles. The van der Waals surface area contributed by atoms with Gasteiger partial charge >= 0.3 is 0 Å². The molecule has 0 bridgehead atoms. The summed E-state index contributed by atoms with van der Waals surface area (Å²) in [6.07, 6.45) is 5.50. The van der Waals surface area contributed by atoms with Gasteiger partial charge in [-0.05, 0) is 42.2 Å². The Morgan fingerprint density at radius 3 is 2.88 bits per heavy atom. The molecule has 0 unspecified atom stereocenters. The highest BCUT2D eigenvalue weighted by atomic mass is 19.1. The fourth-order valence-electron chi connectivity index (χ4n) is 3.12. The molecule has 0 saturated heterocycles. The monoisotopic (exact) mass is 323 g/mol. The van der Waals surface area contributed by atoms with E-state index in [4.69, 9.17) is 0 Å². The van der Waals surface area contributed by atoms with Gasteiger partial charge in [-0.25, -0.2) is 9.37 Å². The van der Waals surface area contributed by atoms with Crippen LogP contribution in [-0.2, 0) is 11.2 Å². The van der Waals surface area contributed by atoms with Crippen molar-refractivity contribution in [1.82, 2.24) is 14.7 Å². The number of hydrogen-bond acceptors (Lipinski definition) is 2. The normalized spacial score (nSPS) is 19.4. The summed E-state index contributed by atoms with van der Waals surface area (Å²) < 4.78 is 14.9. The van der Waals surface area contributed by atoms with Crippen molar-refractivity contribution in [3.63, 3.8) is 0 Å². The van der Waals surface area contributed by atoms with E-state index >= 15 is 0 Å². The predicted molar refractivity (Wildman–Crippen MR) is 89.2 cm³/mol. The molecule has 1 saturated carbocycles. The summed E-state index contributed by atoms with van der Waals surface area (Å²) in [5.41, 5.74) is 2.92. The molecule has 2 atom stereocenters. The summed E-state index contributed by atoms with van der Waals surface area (Å²) in [4.78, 5) is 16.7. The third-order valence-electron chi connectivity index (χ3n) is 4.52. The second-order valence-electron chi connectivity index (χ2n) is 6.24. The number of carbonyl (C=O) groups is 1. The topological polar surface area (TPSA) is 46.4 Å². The van der Waals surface area contributed by atoms with Crippen LogP contribution >= 0.6 is 0 Å². The third-order valence-corrected chi connectivity index (χ3v) is 4.52. The lowest BCUT2D eigenvalue weighted by Gasteiger charge is -2.04. The van der Waals surface area contributed by atoms with E-state index in [1.807, 2.05) is 35.0 Å². The first-order valence-corrected chi connectivity index (χ1v) is 8.16. The Morgan fingerprint density at radius 2 is 2.08 bits per heavy atom. The minimum Gasteiger partial charge on any atom is -0.355 e. The molecule has 2 aromatic heterocycles. The first-order chi connectivity index (χ1) is 11.7. The number of halogens is 1. The zero-order chi connectivity index (χ0) is 16.5. The lowest BCUT2D eigenvalue weighted by molar-refractivity contribution is -0.122. The number of pyridine rings is 1. The molecular formula is C19H18FN3O. The van der Waals surface area contributed by atoms with Crippen molar-refractivity contribution >= 4 is 11.6 Å². The molecule has 0 radical (unpaired) electrons. The number of fused-ring (bicyclic) bond motifs is 1. The fourth-order valence-corrected chi connectivity index (χ4v) is 3.12. The van der Waals surface area contributed by atoms with Crippen molar-refractivity contribution in [3.05, 3.63) is 71.9 Å². The molecular weight excluding hydrogens is 305 g/mol. The maximum Gasteiger partial charge on any atom is 0.223 e. The van der Waals surface area contributed by atoms with Gasteiger partial charge < -0.3 is 9.72 Å². The average Bonchev–Trinajstić information content (AvgIpc) is 3.28. The number of benzene rings is 1. The van der Waals surface area contributed by atoms with Crippen LogP contribution in [0.1, 0.15) is 23.6 Å².